The van der Waals surface area contributed by atoms with E-state index in [-0.39, 0.29) is 5.95 Å². The molecule has 78 valence electrons. The second kappa shape index (κ2) is 3.66. The van der Waals surface area contributed by atoms with E-state index in [1.807, 2.05) is 0 Å². The summed E-state index contributed by atoms with van der Waals surface area (Å²) in [6, 6.07) is 6.86. The third-order valence-electron chi connectivity index (χ3n) is 1.84. The van der Waals surface area contributed by atoms with Gasteiger partial charge in [-0.05, 0) is 17.8 Å². The van der Waals surface area contributed by atoms with Gasteiger partial charge in [0.15, 0.2) is 0 Å². The first-order chi connectivity index (χ1) is 7.16. The van der Waals surface area contributed by atoms with E-state index < -0.39 is 6.23 Å². The molecule has 2 aromatic rings. The second-order valence-corrected chi connectivity index (χ2v) is 3.12. The molecule has 0 fully saturated rings. The van der Waals surface area contributed by atoms with Gasteiger partial charge in [0.1, 0.15) is 11.7 Å². The molecule has 6 nitrogen and oxygen atoms in total. The van der Waals surface area contributed by atoms with Crippen molar-refractivity contribution in [3.8, 4) is 0 Å². The van der Waals surface area contributed by atoms with Crippen LogP contribution in [0.3, 0.4) is 0 Å². The Morgan fingerprint density at radius 3 is 2.93 bits per heavy atom. The molecule has 1 heterocycles. The Morgan fingerprint density at radius 2 is 2.20 bits per heavy atom. The maximum Gasteiger partial charge on any atom is 0.292 e. The van der Waals surface area contributed by atoms with E-state index in [9.17, 15) is 5.21 Å². The fourth-order valence-corrected chi connectivity index (χ4v) is 1.24. The van der Waals surface area contributed by atoms with Gasteiger partial charge < -0.3 is 15.6 Å². The molecule has 0 saturated heterocycles. The molecule has 0 saturated carbocycles. The molecule has 0 spiro atoms. The predicted molar refractivity (Wildman–Crippen MR) is 53.8 cm³/mol. The second-order valence-electron chi connectivity index (χ2n) is 3.12. The Bertz CT molecular complexity index is 486. The molecule has 0 amide bonds. The highest BCUT2D eigenvalue weighted by Gasteiger charge is 2.10. The number of nitrogens with zero attached hydrogens (tertiary/aromatic N) is 3. The number of hydrogen-bond donors (Lipinski definition) is 2. The largest absolute Gasteiger partial charge is 0.594 e. The first kappa shape index (κ1) is 9.60. The van der Waals surface area contributed by atoms with E-state index >= 15 is 0 Å². The Morgan fingerprint density at radius 1 is 1.47 bits per heavy atom. The van der Waals surface area contributed by atoms with Crippen LogP contribution in [0.4, 0.5) is 5.95 Å². The van der Waals surface area contributed by atoms with Crippen LogP contribution in [0.2, 0.25) is 0 Å². The average molecular weight is 206 g/mol. The zero-order valence-corrected chi connectivity index (χ0v) is 8.08. The van der Waals surface area contributed by atoms with Crippen LogP contribution in [0, 0.1) is 5.21 Å². The zero-order chi connectivity index (χ0) is 10.8. The van der Waals surface area contributed by atoms with Gasteiger partial charge in [-0.2, -0.15) is 0 Å². The average Bonchev–Trinajstić information content (AvgIpc) is 2.16. The van der Waals surface area contributed by atoms with Crippen molar-refractivity contribution < 1.29 is 9.95 Å². The predicted octanol–water partition coefficient (Wildman–Crippen LogP) is 0.0134. The van der Waals surface area contributed by atoms with E-state index in [4.69, 9.17) is 5.11 Å². The van der Waals surface area contributed by atoms with Crippen molar-refractivity contribution in [2.45, 2.75) is 13.2 Å². The van der Waals surface area contributed by atoms with Crippen LogP contribution in [0.1, 0.15) is 6.92 Å². The molecule has 1 aromatic heterocycles. The maximum absolute atomic E-state index is 11.4. The summed E-state index contributed by atoms with van der Waals surface area (Å²) in [7, 11) is 0. The van der Waals surface area contributed by atoms with Crippen molar-refractivity contribution in [3.63, 3.8) is 0 Å². The number of aromatic nitrogens is 3. The van der Waals surface area contributed by atoms with Gasteiger partial charge in [-0.15, -0.1) is 0 Å². The monoisotopic (exact) mass is 206 g/mol. The SMILES string of the molecule is CC(O)Nc1nc2ccccc2[n+]([O-])n1. The van der Waals surface area contributed by atoms with Crippen LogP contribution >= 0.6 is 0 Å². The van der Waals surface area contributed by atoms with Gasteiger partial charge in [-0.1, -0.05) is 12.1 Å². The smallest absolute Gasteiger partial charge is 0.292 e. The summed E-state index contributed by atoms with van der Waals surface area (Å²) in [6.45, 7) is 1.52. The molecule has 6 heteroatoms. The minimum absolute atomic E-state index is 0.110. The van der Waals surface area contributed by atoms with Crippen LogP contribution in [-0.2, 0) is 0 Å². The summed E-state index contributed by atoms with van der Waals surface area (Å²) >= 11 is 0. The lowest BCUT2D eigenvalue weighted by Gasteiger charge is -2.06. The normalized spacial score (nSPS) is 12.7. The van der Waals surface area contributed by atoms with Crippen molar-refractivity contribution >= 4 is 17.0 Å². The molecule has 0 aliphatic carbocycles. The number of nitrogens with one attached hydrogen (secondary N) is 1. The molecule has 2 N–H and O–H groups in total. The van der Waals surface area contributed by atoms with Crippen molar-refractivity contribution in [1.29, 1.82) is 0 Å². The molecule has 1 atom stereocenters. The van der Waals surface area contributed by atoms with Gasteiger partial charge in [-0.25, -0.2) is 4.98 Å². The molecule has 15 heavy (non-hydrogen) atoms. The quantitative estimate of drug-likeness (QED) is 0.411. The summed E-state index contributed by atoms with van der Waals surface area (Å²) in [5.74, 6) is 0.110. The number of hydrogen-bond acceptors (Lipinski definition) is 5. The lowest BCUT2D eigenvalue weighted by molar-refractivity contribution is -0.641. The highest BCUT2D eigenvalue weighted by molar-refractivity contribution is 5.71. The Balaban J connectivity index is 2.52. The van der Waals surface area contributed by atoms with Crippen molar-refractivity contribution in [1.82, 2.24) is 10.1 Å². The molecule has 1 unspecified atom stereocenters. The van der Waals surface area contributed by atoms with Crippen molar-refractivity contribution in [3.05, 3.63) is 29.5 Å². The fourth-order valence-electron chi connectivity index (χ4n) is 1.24. The molecule has 1 aromatic carbocycles. The fraction of sp³-hybridized carbons (Fsp3) is 0.222. The first-order valence-electron chi connectivity index (χ1n) is 4.48. The summed E-state index contributed by atoms with van der Waals surface area (Å²) < 4.78 is 0. The lowest BCUT2D eigenvalue weighted by Crippen LogP contribution is -2.34. The van der Waals surface area contributed by atoms with Gasteiger partial charge in [-0.3, -0.25) is 0 Å². The van der Waals surface area contributed by atoms with E-state index in [0.29, 0.717) is 15.9 Å². The number of fused-ring (bicyclic) bond motifs is 1. The van der Waals surface area contributed by atoms with Crippen molar-refractivity contribution in [2.75, 3.05) is 5.32 Å². The Kier molecular flexibility index (Phi) is 2.34. The number of benzene rings is 1. The van der Waals surface area contributed by atoms with Crippen LogP contribution in [-0.4, -0.2) is 21.4 Å². The van der Waals surface area contributed by atoms with E-state index in [1.54, 1.807) is 24.3 Å². The summed E-state index contributed by atoms with van der Waals surface area (Å²) in [4.78, 5) is 4.55. The number of anilines is 1. The van der Waals surface area contributed by atoms with Gasteiger partial charge in [0.25, 0.3) is 11.5 Å². The third kappa shape index (κ3) is 1.94. The van der Waals surface area contributed by atoms with Gasteiger partial charge in [0.2, 0.25) is 0 Å². The summed E-state index contributed by atoms with van der Waals surface area (Å²) in [5, 5.41) is 26.7. The molecule has 2 rings (SSSR count). The Labute approximate surface area is 85.8 Å². The number of para-hydroxylation sites is 2. The van der Waals surface area contributed by atoms with E-state index in [0.717, 1.165) is 0 Å². The van der Waals surface area contributed by atoms with Crippen LogP contribution in [0.15, 0.2) is 24.3 Å². The molecule has 0 aliphatic heterocycles. The molecular weight excluding hydrogens is 196 g/mol. The van der Waals surface area contributed by atoms with Crippen LogP contribution in [0.25, 0.3) is 11.0 Å². The standard InChI is InChI=1S/C9H10N4O2/c1-6(14)10-9-11-7-4-2-3-5-8(7)13(15)12-9/h2-6,14H,1H3,(H,10,11,12). The maximum atomic E-state index is 11.4. The zero-order valence-electron chi connectivity index (χ0n) is 8.08. The minimum atomic E-state index is -0.800. The Hall–Kier alpha value is -1.95. The molecule has 0 aliphatic rings. The van der Waals surface area contributed by atoms with Gasteiger partial charge in [0.05, 0.1) is 5.10 Å². The van der Waals surface area contributed by atoms with Crippen LogP contribution in [0.5, 0.6) is 0 Å². The molecule has 0 bridgehead atoms. The lowest BCUT2D eigenvalue weighted by atomic mass is 10.3. The highest BCUT2D eigenvalue weighted by Crippen LogP contribution is 2.07. The number of aliphatic hydroxyl groups is 1. The number of rotatable bonds is 2. The van der Waals surface area contributed by atoms with E-state index in [2.05, 4.69) is 15.4 Å². The van der Waals surface area contributed by atoms with Gasteiger partial charge >= 0.3 is 0 Å². The number of aliphatic hydroxyl groups excluding tert-OH is 1. The van der Waals surface area contributed by atoms with E-state index in [1.165, 1.54) is 6.92 Å². The molecule has 0 radical (unpaired) electrons. The van der Waals surface area contributed by atoms with Gasteiger partial charge in [0, 0.05) is 6.07 Å². The minimum Gasteiger partial charge on any atom is -0.594 e. The van der Waals surface area contributed by atoms with Crippen LogP contribution < -0.4 is 10.2 Å². The summed E-state index contributed by atoms with van der Waals surface area (Å²) in [5.41, 5.74) is 0.930. The third-order valence-corrected chi connectivity index (χ3v) is 1.84. The topological polar surface area (TPSA) is 85.0 Å². The highest BCUT2D eigenvalue weighted by atomic mass is 16.5. The summed E-state index contributed by atoms with van der Waals surface area (Å²) in [6.07, 6.45) is -0.800. The van der Waals surface area contributed by atoms with Crippen molar-refractivity contribution in [2.24, 2.45) is 0 Å². The first-order valence-corrected chi connectivity index (χ1v) is 4.48. The molecular formula is C9H10N4O2.